The lowest BCUT2D eigenvalue weighted by Crippen LogP contribution is -2.05. The average molecular weight is 410 g/mol. The first kappa shape index (κ1) is 12.6. The monoisotopic (exact) mass is 409 g/mol. The molecule has 3 nitrogen and oxygen atoms in total. The van der Waals surface area contributed by atoms with E-state index in [2.05, 4.69) is 15.9 Å². The largest absolute Gasteiger partial charge is 0.477 e. The van der Waals surface area contributed by atoms with Crippen LogP contribution in [0.5, 0.6) is 0 Å². The van der Waals surface area contributed by atoms with Crippen molar-refractivity contribution in [3.63, 3.8) is 0 Å². The minimum Gasteiger partial charge on any atom is -0.477 e. The molecule has 0 bridgehead atoms. The van der Waals surface area contributed by atoms with Gasteiger partial charge in [0.15, 0.2) is 0 Å². The van der Waals surface area contributed by atoms with Crippen LogP contribution in [0.2, 0.25) is 0 Å². The van der Waals surface area contributed by atoms with Gasteiger partial charge in [-0.15, -0.1) is 0 Å². The van der Waals surface area contributed by atoms with Crippen molar-refractivity contribution in [3.8, 4) is 5.69 Å². The maximum absolute atomic E-state index is 13.1. The van der Waals surface area contributed by atoms with Gasteiger partial charge in [-0.05, 0) is 62.8 Å². The summed E-state index contributed by atoms with van der Waals surface area (Å²) in [6, 6.07) is 5.92. The fourth-order valence-corrected chi connectivity index (χ4v) is 2.38. The van der Waals surface area contributed by atoms with Gasteiger partial charge in [0.1, 0.15) is 11.5 Å². The predicted molar refractivity (Wildman–Crippen MR) is 73.1 cm³/mol. The SMILES string of the molecule is O=C(O)c1cc(I)cn1-c1ccc(F)c(Br)c1. The fourth-order valence-electron chi connectivity index (χ4n) is 1.44. The number of hydrogen-bond acceptors (Lipinski definition) is 1. The molecule has 0 amide bonds. The van der Waals surface area contributed by atoms with E-state index in [0.717, 1.165) is 3.57 Å². The predicted octanol–water partition coefficient (Wildman–Crippen LogP) is 3.68. The Kier molecular flexibility index (Phi) is 3.53. The molecular formula is C11H6BrFINO2. The van der Waals surface area contributed by atoms with Gasteiger partial charge in [0.2, 0.25) is 0 Å². The Bertz CT molecular complexity index is 597. The van der Waals surface area contributed by atoms with Crippen molar-refractivity contribution >= 4 is 44.5 Å². The third-order valence-electron chi connectivity index (χ3n) is 2.19. The van der Waals surface area contributed by atoms with Crippen molar-refractivity contribution in [3.05, 3.63) is 50.0 Å². The maximum Gasteiger partial charge on any atom is 0.352 e. The van der Waals surface area contributed by atoms with Gasteiger partial charge in [-0.25, -0.2) is 9.18 Å². The molecule has 0 aliphatic carbocycles. The summed E-state index contributed by atoms with van der Waals surface area (Å²) in [6.45, 7) is 0. The highest BCUT2D eigenvalue weighted by molar-refractivity contribution is 14.1. The number of carbonyl (C=O) groups is 1. The van der Waals surface area contributed by atoms with Crippen molar-refractivity contribution in [2.24, 2.45) is 0 Å². The van der Waals surface area contributed by atoms with Crippen LogP contribution in [0.15, 0.2) is 34.9 Å². The van der Waals surface area contributed by atoms with Crippen molar-refractivity contribution < 1.29 is 14.3 Å². The van der Waals surface area contributed by atoms with Crippen molar-refractivity contribution in [1.82, 2.24) is 4.57 Å². The summed E-state index contributed by atoms with van der Waals surface area (Å²) in [5, 5.41) is 9.05. The smallest absolute Gasteiger partial charge is 0.352 e. The number of halogens is 3. The van der Waals surface area contributed by atoms with E-state index in [1.54, 1.807) is 12.3 Å². The second-order valence-electron chi connectivity index (χ2n) is 3.32. The van der Waals surface area contributed by atoms with Crippen LogP contribution in [-0.2, 0) is 0 Å². The van der Waals surface area contributed by atoms with Gasteiger partial charge in [0, 0.05) is 15.5 Å². The van der Waals surface area contributed by atoms with Gasteiger partial charge in [0.05, 0.1) is 4.47 Å². The second-order valence-corrected chi connectivity index (χ2v) is 5.42. The topological polar surface area (TPSA) is 42.2 Å². The van der Waals surface area contributed by atoms with Gasteiger partial charge in [0.25, 0.3) is 0 Å². The Labute approximate surface area is 119 Å². The van der Waals surface area contributed by atoms with Gasteiger partial charge < -0.3 is 9.67 Å². The van der Waals surface area contributed by atoms with E-state index in [9.17, 15) is 9.18 Å². The highest BCUT2D eigenvalue weighted by Crippen LogP contribution is 2.22. The molecule has 2 aromatic rings. The molecule has 0 atom stereocenters. The highest BCUT2D eigenvalue weighted by atomic mass is 127. The van der Waals surface area contributed by atoms with E-state index in [1.807, 2.05) is 22.6 Å². The maximum atomic E-state index is 13.1. The molecule has 6 heteroatoms. The summed E-state index contributed by atoms with van der Waals surface area (Å²) in [5.74, 6) is -1.40. The molecule has 2 rings (SSSR count). The van der Waals surface area contributed by atoms with E-state index >= 15 is 0 Å². The number of carboxylic acids is 1. The van der Waals surface area contributed by atoms with E-state index in [4.69, 9.17) is 5.11 Å². The number of rotatable bonds is 2. The second kappa shape index (κ2) is 4.77. The molecule has 0 unspecified atom stereocenters. The summed E-state index contributed by atoms with van der Waals surface area (Å²) in [7, 11) is 0. The molecule has 0 aliphatic heterocycles. The summed E-state index contributed by atoms with van der Waals surface area (Å²) < 4.78 is 15.7. The Balaban J connectivity index is 2.59. The molecule has 1 aromatic carbocycles. The molecule has 1 N–H and O–H groups in total. The lowest BCUT2D eigenvalue weighted by molar-refractivity contribution is 0.0688. The Morgan fingerprint density at radius 3 is 2.71 bits per heavy atom. The summed E-state index contributed by atoms with van der Waals surface area (Å²) in [5.41, 5.74) is 0.742. The first-order valence-electron chi connectivity index (χ1n) is 4.55. The Morgan fingerprint density at radius 1 is 1.41 bits per heavy atom. The van der Waals surface area contributed by atoms with Crippen LogP contribution in [0.25, 0.3) is 5.69 Å². The first-order chi connectivity index (χ1) is 7.99. The third kappa shape index (κ3) is 2.52. The van der Waals surface area contributed by atoms with E-state index < -0.39 is 5.97 Å². The highest BCUT2D eigenvalue weighted by Gasteiger charge is 2.13. The zero-order chi connectivity index (χ0) is 12.6. The Morgan fingerprint density at radius 2 is 2.12 bits per heavy atom. The zero-order valence-electron chi connectivity index (χ0n) is 8.32. The van der Waals surface area contributed by atoms with Gasteiger partial charge in [-0.2, -0.15) is 0 Å². The Hall–Kier alpha value is -0.890. The van der Waals surface area contributed by atoms with Crippen molar-refractivity contribution in [1.29, 1.82) is 0 Å². The van der Waals surface area contributed by atoms with Crippen LogP contribution >= 0.6 is 38.5 Å². The molecule has 0 spiro atoms. The molecule has 1 heterocycles. The van der Waals surface area contributed by atoms with Crippen LogP contribution in [0, 0.1) is 9.39 Å². The molecule has 1 aromatic heterocycles. The van der Waals surface area contributed by atoms with Crippen molar-refractivity contribution in [2.75, 3.05) is 0 Å². The number of nitrogens with zero attached hydrogens (tertiary/aromatic N) is 1. The van der Waals surface area contributed by atoms with Crippen molar-refractivity contribution in [2.45, 2.75) is 0 Å². The summed E-state index contributed by atoms with van der Waals surface area (Å²) >= 11 is 5.11. The number of hydrogen-bond donors (Lipinski definition) is 1. The van der Waals surface area contributed by atoms with Gasteiger partial charge in [-0.3, -0.25) is 0 Å². The lowest BCUT2D eigenvalue weighted by atomic mass is 10.3. The van der Waals surface area contributed by atoms with Crippen LogP contribution < -0.4 is 0 Å². The number of aromatic nitrogens is 1. The molecule has 0 saturated heterocycles. The molecule has 88 valence electrons. The van der Waals surface area contributed by atoms with E-state index in [1.165, 1.54) is 22.8 Å². The zero-order valence-corrected chi connectivity index (χ0v) is 12.1. The van der Waals surface area contributed by atoms with E-state index in [0.29, 0.717) is 10.2 Å². The quantitative estimate of drug-likeness (QED) is 0.769. The standard InChI is InChI=1S/C11H6BrFINO2/c12-8-4-7(1-2-9(8)13)15-5-6(14)3-10(15)11(16)17/h1-5H,(H,16,17). The lowest BCUT2D eigenvalue weighted by Gasteiger charge is -2.06. The summed E-state index contributed by atoms with van der Waals surface area (Å²) in [6.07, 6.45) is 1.68. The molecule has 0 fully saturated rings. The normalized spacial score (nSPS) is 10.5. The third-order valence-corrected chi connectivity index (χ3v) is 3.38. The number of aromatic carboxylic acids is 1. The molecule has 0 radical (unpaired) electrons. The van der Waals surface area contributed by atoms with Crippen LogP contribution in [0.3, 0.4) is 0 Å². The van der Waals surface area contributed by atoms with E-state index in [-0.39, 0.29) is 11.5 Å². The number of carboxylic acid groups (broad SMARTS) is 1. The molecular weight excluding hydrogens is 404 g/mol. The van der Waals surface area contributed by atoms with Crippen LogP contribution in [-0.4, -0.2) is 15.6 Å². The minimum absolute atomic E-state index is 0.146. The van der Waals surface area contributed by atoms with Gasteiger partial charge >= 0.3 is 5.97 Å². The van der Waals surface area contributed by atoms with Crippen LogP contribution in [0.4, 0.5) is 4.39 Å². The number of benzene rings is 1. The first-order valence-corrected chi connectivity index (χ1v) is 6.43. The molecule has 17 heavy (non-hydrogen) atoms. The molecule has 0 saturated carbocycles. The van der Waals surface area contributed by atoms with Gasteiger partial charge in [-0.1, -0.05) is 0 Å². The van der Waals surface area contributed by atoms with Crippen LogP contribution in [0.1, 0.15) is 10.5 Å². The summed E-state index contributed by atoms with van der Waals surface area (Å²) in [4.78, 5) is 11.1. The minimum atomic E-state index is -1.02. The molecule has 0 aliphatic rings. The average Bonchev–Trinajstić information content (AvgIpc) is 2.64. The fraction of sp³-hybridized carbons (Fsp3) is 0.